The largest absolute Gasteiger partial charge is 0.354 e. The van der Waals surface area contributed by atoms with Gasteiger partial charge in [-0.2, -0.15) is 0 Å². The molecule has 1 aliphatic heterocycles. The van der Waals surface area contributed by atoms with Gasteiger partial charge in [-0.05, 0) is 40.8 Å². The number of halogens is 1. The van der Waals surface area contributed by atoms with Crippen molar-refractivity contribution in [1.29, 1.82) is 0 Å². The highest BCUT2D eigenvalue weighted by Crippen LogP contribution is 2.23. The van der Waals surface area contributed by atoms with E-state index in [2.05, 4.69) is 5.32 Å². The van der Waals surface area contributed by atoms with Crippen molar-refractivity contribution in [3.63, 3.8) is 0 Å². The van der Waals surface area contributed by atoms with Crippen LogP contribution in [0.2, 0.25) is 0 Å². The van der Waals surface area contributed by atoms with E-state index in [0.29, 0.717) is 32.5 Å². The number of nitrogens with zero attached hydrogens (tertiary/aromatic N) is 1. The van der Waals surface area contributed by atoms with E-state index in [0.717, 1.165) is 22.3 Å². The molecule has 2 amide bonds. The molecule has 1 atom stereocenters. The second-order valence-electron chi connectivity index (χ2n) is 7.90. The van der Waals surface area contributed by atoms with Gasteiger partial charge >= 0.3 is 0 Å². The maximum atomic E-state index is 13.2. The average Bonchev–Trinajstić information content (AvgIpc) is 2.97. The number of hydrogen-bond donors (Lipinski definition) is 1. The predicted octanol–water partition coefficient (Wildman–Crippen LogP) is 3.85. The van der Waals surface area contributed by atoms with Crippen LogP contribution in [0.3, 0.4) is 0 Å². The van der Waals surface area contributed by atoms with Crippen LogP contribution in [-0.4, -0.2) is 36.3 Å². The predicted molar refractivity (Wildman–Crippen MR) is 119 cm³/mol. The summed E-state index contributed by atoms with van der Waals surface area (Å²) in [6.07, 6.45) is 0.873. The molecule has 31 heavy (non-hydrogen) atoms. The van der Waals surface area contributed by atoms with E-state index in [9.17, 15) is 14.0 Å². The SMILES string of the molecule is O=C1NCCN(C(=O)Cc2ccccc2)CC1Cc1cccc(-c2ccc(F)cc2)c1. The zero-order chi connectivity index (χ0) is 21.6. The van der Waals surface area contributed by atoms with Crippen LogP contribution in [0.25, 0.3) is 11.1 Å². The second kappa shape index (κ2) is 9.56. The Morgan fingerprint density at radius 3 is 2.45 bits per heavy atom. The Bertz CT molecular complexity index is 1050. The van der Waals surface area contributed by atoms with E-state index in [4.69, 9.17) is 0 Å². The first-order chi connectivity index (χ1) is 15.1. The van der Waals surface area contributed by atoms with Gasteiger partial charge in [-0.3, -0.25) is 9.59 Å². The standard InChI is InChI=1S/C26H25FN2O2/c27-24-11-9-21(10-12-24)22-8-4-7-20(15-22)16-23-18-29(14-13-28-26(23)31)25(30)17-19-5-2-1-3-6-19/h1-12,15,23H,13-14,16-18H2,(H,28,31). The van der Waals surface area contributed by atoms with E-state index >= 15 is 0 Å². The van der Waals surface area contributed by atoms with Crippen molar-refractivity contribution in [2.24, 2.45) is 5.92 Å². The zero-order valence-electron chi connectivity index (χ0n) is 17.3. The Kier molecular flexibility index (Phi) is 6.41. The number of hydrogen-bond acceptors (Lipinski definition) is 2. The van der Waals surface area contributed by atoms with Crippen LogP contribution in [0.15, 0.2) is 78.9 Å². The van der Waals surface area contributed by atoms with Gasteiger partial charge < -0.3 is 10.2 Å². The molecule has 3 aromatic carbocycles. The van der Waals surface area contributed by atoms with E-state index in [1.807, 2.05) is 54.6 Å². The first kappa shape index (κ1) is 20.8. The van der Waals surface area contributed by atoms with Gasteiger partial charge in [0.1, 0.15) is 5.82 Å². The van der Waals surface area contributed by atoms with Crippen molar-refractivity contribution < 1.29 is 14.0 Å². The van der Waals surface area contributed by atoms with Crippen LogP contribution in [0.5, 0.6) is 0 Å². The number of rotatable bonds is 5. The molecule has 1 N–H and O–H groups in total. The van der Waals surface area contributed by atoms with Crippen LogP contribution in [-0.2, 0) is 22.4 Å². The summed E-state index contributed by atoms with van der Waals surface area (Å²) in [5, 5.41) is 2.94. The van der Waals surface area contributed by atoms with Gasteiger partial charge in [-0.15, -0.1) is 0 Å². The van der Waals surface area contributed by atoms with Gasteiger partial charge in [0.2, 0.25) is 11.8 Å². The first-order valence-corrected chi connectivity index (χ1v) is 10.5. The van der Waals surface area contributed by atoms with Crippen LogP contribution in [0, 0.1) is 11.7 Å². The topological polar surface area (TPSA) is 49.4 Å². The number of nitrogens with one attached hydrogen (secondary N) is 1. The molecule has 1 aliphatic rings. The lowest BCUT2D eigenvalue weighted by molar-refractivity contribution is -0.131. The molecule has 1 heterocycles. The quantitative estimate of drug-likeness (QED) is 0.687. The van der Waals surface area contributed by atoms with Crippen molar-refractivity contribution in [2.45, 2.75) is 12.8 Å². The molecule has 4 nitrogen and oxygen atoms in total. The molecule has 1 unspecified atom stereocenters. The molecule has 0 bridgehead atoms. The third-order valence-corrected chi connectivity index (χ3v) is 5.63. The second-order valence-corrected chi connectivity index (χ2v) is 7.90. The fourth-order valence-electron chi connectivity index (χ4n) is 3.97. The third-order valence-electron chi connectivity index (χ3n) is 5.63. The van der Waals surface area contributed by atoms with Crippen molar-refractivity contribution in [2.75, 3.05) is 19.6 Å². The number of benzene rings is 3. The lowest BCUT2D eigenvalue weighted by atomic mass is 9.95. The maximum Gasteiger partial charge on any atom is 0.227 e. The molecule has 158 valence electrons. The van der Waals surface area contributed by atoms with Gasteiger partial charge in [-0.1, -0.05) is 66.7 Å². The van der Waals surface area contributed by atoms with Crippen LogP contribution in [0.1, 0.15) is 11.1 Å². The molecule has 5 heteroatoms. The highest BCUT2D eigenvalue weighted by molar-refractivity contribution is 5.83. The minimum atomic E-state index is -0.314. The summed E-state index contributed by atoms with van der Waals surface area (Å²) in [4.78, 5) is 27.3. The Balaban J connectivity index is 1.47. The summed E-state index contributed by atoms with van der Waals surface area (Å²) in [5.41, 5.74) is 3.88. The summed E-state index contributed by atoms with van der Waals surface area (Å²) in [5.74, 6) is -0.573. The minimum Gasteiger partial charge on any atom is -0.354 e. The van der Waals surface area contributed by atoms with Crippen molar-refractivity contribution >= 4 is 11.8 Å². The first-order valence-electron chi connectivity index (χ1n) is 10.5. The molecule has 4 rings (SSSR count). The molecule has 3 aromatic rings. The molecule has 0 aliphatic carbocycles. The van der Waals surface area contributed by atoms with E-state index in [1.165, 1.54) is 12.1 Å². The highest BCUT2D eigenvalue weighted by atomic mass is 19.1. The fourth-order valence-corrected chi connectivity index (χ4v) is 3.97. The van der Waals surface area contributed by atoms with Crippen LogP contribution >= 0.6 is 0 Å². The van der Waals surface area contributed by atoms with E-state index in [-0.39, 0.29) is 23.5 Å². The smallest absolute Gasteiger partial charge is 0.227 e. The summed E-state index contributed by atoms with van der Waals surface area (Å²) < 4.78 is 13.2. The van der Waals surface area contributed by atoms with Gasteiger partial charge in [0, 0.05) is 19.6 Å². The van der Waals surface area contributed by atoms with Gasteiger partial charge in [0.05, 0.1) is 12.3 Å². The fraction of sp³-hybridized carbons (Fsp3) is 0.231. The summed E-state index contributed by atoms with van der Waals surface area (Å²) in [6.45, 7) is 1.38. The minimum absolute atomic E-state index is 0.0257. The monoisotopic (exact) mass is 416 g/mol. The van der Waals surface area contributed by atoms with Crippen molar-refractivity contribution in [3.05, 3.63) is 95.8 Å². The van der Waals surface area contributed by atoms with Crippen molar-refractivity contribution in [1.82, 2.24) is 10.2 Å². The Morgan fingerprint density at radius 2 is 1.68 bits per heavy atom. The maximum absolute atomic E-state index is 13.2. The summed E-state index contributed by atoms with van der Waals surface area (Å²) in [6, 6.07) is 24.0. The van der Waals surface area contributed by atoms with Gasteiger partial charge in [0.15, 0.2) is 0 Å². The number of amides is 2. The molecular formula is C26H25FN2O2. The van der Waals surface area contributed by atoms with Crippen LogP contribution < -0.4 is 5.32 Å². The van der Waals surface area contributed by atoms with Crippen molar-refractivity contribution in [3.8, 4) is 11.1 Å². The Labute approximate surface area is 181 Å². The lowest BCUT2D eigenvalue weighted by Crippen LogP contribution is -2.38. The van der Waals surface area contributed by atoms with Crippen LogP contribution in [0.4, 0.5) is 4.39 Å². The Hall–Kier alpha value is -3.47. The number of carbonyl (C=O) groups is 2. The van der Waals surface area contributed by atoms with E-state index < -0.39 is 0 Å². The van der Waals surface area contributed by atoms with Gasteiger partial charge in [-0.25, -0.2) is 4.39 Å². The van der Waals surface area contributed by atoms with Gasteiger partial charge in [0.25, 0.3) is 0 Å². The molecule has 0 spiro atoms. The number of carbonyl (C=O) groups excluding carboxylic acids is 2. The van der Waals surface area contributed by atoms with E-state index in [1.54, 1.807) is 17.0 Å². The molecule has 1 fully saturated rings. The highest BCUT2D eigenvalue weighted by Gasteiger charge is 2.27. The Morgan fingerprint density at radius 1 is 0.935 bits per heavy atom. The molecule has 0 saturated carbocycles. The summed E-state index contributed by atoms with van der Waals surface area (Å²) in [7, 11) is 0. The lowest BCUT2D eigenvalue weighted by Gasteiger charge is -2.23. The zero-order valence-corrected chi connectivity index (χ0v) is 17.3. The molecular weight excluding hydrogens is 391 g/mol. The summed E-state index contributed by atoms with van der Waals surface area (Å²) >= 11 is 0. The molecule has 1 saturated heterocycles. The average molecular weight is 416 g/mol. The molecule has 0 radical (unpaired) electrons. The third kappa shape index (κ3) is 5.37. The normalized spacial score (nSPS) is 16.5. The molecule has 0 aromatic heterocycles.